The van der Waals surface area contributed by atoms with Crippen LogP contribution in [0.3, 0.4) is 0 Å². The number of likely N-dealkylation sites (N-methyl/N-ethyl adjacent to an activating group) is 1. The van der Waals surface area contributed by atoms with Crippen molar-refractivity contribution in [3.05, 3.63) is 51.0 Å². The number of carbonyl (C=O) groups is 3. The van der Waals surface area contributed by atoms with Crippen molar-refractivity contribution in [3.63, 3.8) is 0 Å². The first-order chi connectivity index (χ1) is 19.5. The lowest BCUT2D eigenvalue weighted by Gasteiger charge is -2.50. The number of carbonyl (C=O) groups excluding carboxylic acids is 3. The lowest BCUT2D eigenvalue weighted by atomic mass is 9.58. The molecular weight excluding hydrogens is 559 g/mol. The van der Waals surface area contributed by atoms with Crippen molar-refractivity contribution in [1.29, 1.82) is 0 Å². The highest BCUT2D eigenvalue weighted by atomic mass is 19.4. The average Bonchev–Trinajstić information content (AvgIpc) is 3.68. The minimum atomic E-state index is -4.88. The number of benzene rings is 1. The quantitative estimate of drug-likeness (QED) is 0.299. The molecule has 4 atom stereocenters. The number of primary amides is 1. The second-order valence-electron chi connectivity index (χ2n) is 12.0. The molecule has 4 aliphatic rings. The first kappa shape index (κ1) is 30.1. The van der Waals surface area contributed by atoms with Gasteiger partial charge in [-0.15, -0.1) is 0 Å². The summed E-state index contributed by atoms with van der Waals surface area (Å²) in [5.41, 5.74) is -1.29. The molecule has 4 aliphatic carbocycles. The number of phenolic OH excluding ortho intramolecular Hbond substituents is 1. The van der Waals surface area contributed by atoms with Crippen molar-refractivity contribution in [1.82, 2.24) is 9.80 Å². The van der Waals surface area contributed by atoms with Gasteiger partial charge in [-0.3, -0.25) is 24.2 Å². The van der Waals surface area contributed by atoms with E-state index in [1.54, 1.807) is 0 Å². The number of hydrogen-bond donors (Lipinski definition) is 5. The maximum atomic E-state index is 14.7. The number of amides is 1. The molecule has 1 amide bonds. The number of allylic oxidation sites excluding steroid dienone is 1. The van der Waals surface area contributed by atoms with Gasteiger partial charge in [-0.2, -0.15) is 13.2 Å². The van der Waals surface area contributed by atoms with Gasteiger partial charge in [0, 0.05) is 24.6 Å². The number of rotatable bonds is 7. The molecule has 0 unspecified atom stereocenters. The first-order valence-corrected chi connectivity index (χ1v) is 13.9. The van der Waals surface area contributed by atoms with Crippen LogP contribution >= 0.6 is 0 Å². The molecule has 1 saturated carbocycles. The summed E-state index contributed by atoms with van der Waals surface area (Å²) in [6, 6.07) is -0.314. The number of nitrogens with zero attached hydrogens (tertiary/aromatic N) is 2. The first-order valence-electron chi connectivity index (χ1n) is 13.9. The Bertz CT molecular complexity index is 1450. The highest BCUT2D eigenvalue weighted by molar-refractivity contribution is 6.24. The van der Waals surface area contributed by atoms with Crippen LogP contribution in [0, 0.1) is 17.8 Å². The van der Waals surface area contributed by atoms with Crippen LogP contribution in [-0.2, 0) is 28.7 Å². The normalized spacial score (nSPS) is 27.9. The number of alkyl halides is 3. The smallest absolute Gasteiger partial charge is 0.417 e. The Morgan fingerprint density at radius 1 is 1.17 bits per heavy atom. The second kappa shape index (κ2) is 10.1. The zero-order chi connectivity index (χ0) is 31.0. The van der Waals surface area contributed by atoms with Crippen molar-refractivity contribution in [3.8, 4) is 5.75 Å². The van der Waals surface area contributed by atoms with Crippen LogP contribution in [0.4, 0.5) is 13.2 Å². The van der Waals surface area contributed by atoms with Crippen LogP contribution < -0.4 is 5.73 Å². The van der Waals surface area contributed by atoms with E-state index >= 15 is 0 Å². The number of hydrogen-bond acceptors (Lipinski definition) is 9. The summed E-state index contributed by atoms with van der Waals surface area (Å²) < 4.78 is 44.1. The third-order valence-electron chi connectivity index (χ3n) is 9.14. The lowest BCUT2D eigenvalue weighted by molar-refractivity contribution is -0.148. The van der Waals surface area contributed by atoms with E-state index in [0.717, 1.165) is 18.9 Å². The van der Waals surface area contributed by atoms with E-state index in [1.807, 2.05) is 11.8 Å². The molecular formula is C29H34F3N3O7. The number of aromatic hydroxyl groups is 1. The van der Waals surface area contributed by atoms with Gasteiger partial charge in [0.15, 0.2) is 11.4 Å². The molecule has 0 aromatic heterocycles. The standard InChI is InChI=1S/C29H34F3N3O7/c1-4-35(10-12-5-6-12)11-14-9-17(36)19-15(21(14)29(30,31)32)7-13-8-16-22(34(2)3)24(38)20(27(33)41)26(40)28(16,42)25(39)18(13)23(19)37/h9,12-13,16,22,36,38-39,42H,4-8,10-11H2,1-3H3,(H2,33,41)/t13-,16-,22-,28-/m0/s1. The summed E-state index contributed by atoms with van der Waals surface area (Å²) in [4.78, 5) is 42.5. The molecule has 0 radical (unpaired) electrons. The molecule has 0 spiro atoms. The van der Waals surface area contributed by atoms with Gasteiger partial charge >= 0.3 is 6.18 Å². The van der Waals surface area contributed by atoms with E-state index in [4.69, 9.17) is 5.73 Å². The molecule has 1 aromatic rings. The van der Waals surface area contributed by atoms with Gasteiger partial charge in [-0.25, -0.2) is 0 Å². The number of aliphatic hydroxyl groups excluding tert-OH is 2. The van der Waals surface area contributed by atoms with Gasteiger partial charge in [0.1, 0.15) is 22.8 Å². The molecule has 10 nitrogen and oxygen atoms in total. The number of Topliss-reactive ketones (excluding diaryl/α,β-unsaturated/α-hetero) is 2. The number of ketones is 2. The monoisotopic (exact) mass is 593 g/mol. The Kier molecular flexibility index (Phi) is 7.22. The summed E-state index contributed by atoms with van der Waals surface area (Å²) in [5.74, 6) is -8.53. The summed E-state index contributed by atoms with van der Waals surface area (Å²) >= 11 is 0. The molecule has 0 aliphatic heterocycles. The molecule has 1 fully saturated rings. The summed E-state index contributed by atoms with van der Waals surface area (Å²) in [5, 5.41) is 44.7. The van der Waals surface area contributed by atoms with E-state index in [9.17, 15) is 48.0 Å². The van der Waals surface area contributed by atoms with Crippen LogP contribution in [-0.4, -0.2) is 86.5 Å². The highest BCUT2D eigenvalue weighted by Gasteiger charge is 2.63. The van der Waals surface area contributed by atoms with Crippen molar-refractivity contribution >= 4 is 17.5 Å². The Balaban J connectivity index is 1.68. The number of nitrogens with two attached hydrogens (primary N) is 1. The van der Waals surface area contributed by atoms with Gasteiger partial charge in [-0.05, 0) is 75.4 Å². The Morgan fingerprint density at radius 2 is 1.81 bits per heavy atom. The minimum absolute atomic E-state index is 0.0936. The fourth-order valence-corrected chi connectivity index (χ4v) is 7.08. The predicted octanol–water partition coefficient (Wildman–Crippen LogP) is 2.37. The third-order valence-corrected chi connectivity index (χ3v) is 9.14. The number of halogens is 3. The van der Waals surface area contributed by atoms with Crippen LogP contribution in [0.25, 0.3) is 0 Å². The molecule has 228 valence electrons. The van der Waals surface area contributed by atoms with Crippen molar-refractivity contribution in [2.75, 3.05) is 27.2 Å². The molecule has 0 bridgehead atoms. The fourth-order valence-electron chi connectivity index (χ4n) is 7.08. The maximum Gasteiger partial charge on any atom is 0.417 e. The summed E-state index contributed by atoms with van der Waals surface area (Å²) in [6.07, 6.45) is -3.60. The van der Waals surface area contributed by atoms with E-state index in [1.165, 1.54) is 19.0 Å². The molecule has 5 rings (SSSR count). The average molecular weight is 594 g/mol. The van der Waals surface area contributed by atoms with E-state index in [-0.39, 0.29) is 18.5 Å². The van der Waals surface area contributed by atoms with E-state index in [0.29, 0.717) is 19.0 Å². The Morgan fingerprint density at radius 3 is 2.33 bits per heavy atom. The summed E-state index contributed by atoms with van der Waals surface area (Å²) in [6.45, 7) is 2.83. The molecule has 0 saturated heterocycles. The minimum Gasteiger partial charge on any atom is -0.510 e. The number of phenols is 1. The van der Waals surface area contributed by atoms with Crippen molar-refractivity contribution < 1.29 is 48.0 Å². The summed E-state index contributed by atoms with van der Waals surface area (Å²) in [7, 11) is 2.95. The second-order valence-corrected chi connectivity index (χ2v) is 12.0. The van der Waals surface area contributed by atoms with E-state index < -0.39 is 98.7 Å². The van der Waals surface area contributed by atoms with Gasteiger partial charge in [0.25, 0.3) is 5.91 Å². The largest absolute Gasteiger partial charge is 0.510 e. The van der Waals surface area contributed by atoms with Crippen LogP contribution in [0.1, 0.15) is 53.2 Å². The van der Waals surface area contributed by atoms with Gasteiger partial charge < -0.3 is 26.2 Å². The molecule has 42 heavy (non-hydrogen) atoms. The topological polar surface area (TPSA) is 165 Å². The van der Waals surface area contributed by atoms with Crippen LogP contribution in [0.5, 0.6) is 5.75 Å². The van der Waals surface area contributed by atoms with Gasteiger partial charge in [0.2, 0.25) is 5.78 Å². The van der Waals surface area contributed by atoms with Gasteiger partial charge in [0.05, 0.1) is 17.2 Å². The number of aliphatic hydroxyl groups is 3. The molecule has 0 heterocycles. The highest BCUT2D eigenvalue weighted by Crippen LogP contribution is 2.54. The Labute approximate surface area is 239 Å². The third kappa shape index (κ3) is 4.49. The SMILES string of the molecule is CCN(Cc1cc(O)c2c(c1C(F)(F)F)C[C@H]1C[C@H]3[C@H](N(C)C)C(O)=C(C(N)=O)C(=O)[C@@]3(O)C(O)=C1C2=O)CC1CC1. The van der Waals surface area contributed by atoms with Crippen LogP contribution in [0.15, 0.2) is 28.7 Å². The molecule has 6 N–H and O–H groups in total. The van der Waals surface area contributed by atoms with Gasteiger partial charge in [-0.1, -0.05) is 6.92 Å². The van der Waals surface area contributed by atoms with E-state index in [2.05, 4.69) is 0 Å². The zero-order valence-corrected chi connectivity index (χ0v) is 23.5. The lowest BCUT2D eigenvalue weighted by Crippen LogP contribution is -2.63. The van der Waals surface area contributed by atoms with Crippen LogP contribution in [0.2, 0.25) is 0 Å². The van der Waals surface area contributed by atoms with Crippen molar-refractivity contribution in [2.24, 2.45) is 23.5 Å². The Hall–Kier alpha value is -3.42. The number of fused-ring (bicyclic) bond motifs is 3. The predicted molar refractivity (Wildman–Crippen MR) is 142 cm³/mol. The maximum absolute atomic E-state index is 14.7. The fraction of sp³-hybridized carbons (Fsp3) is 0.552. The van der Waals surface area contributed by atoms with Crippen molar-refractivity contribution in [2.45, 2.75) is 57.0 Å². The zero-order valence-electron chi connectivity index (χ0n) is 23.5. The molecule has 1 aromatic carbocycles. The molecule has 13 heteroatoms.